The van der Waals surface area contributed by atoms with Gasteiger partial charge in [-0.05, 0) is 84.0 Å². The van der Waals surface area contributed by atoms with Crippen LogP contribution in [0, 0.1) is 0 Å². The first kappa shape index (κ1) is 26.9. The van der Waals surface area contributed by atoms with Gasteiger partial charge in [0.2, 0.25) is 0 Å². The molecule has 0 saturated carbocycles. The molecule has 47 heavy (non-hydrogen) atoms. The van der Waals surface area contributed by atoms with E-state index in [1.165, 1.54) is 54.6 Å². The highest BCUT2D eigenvalue weighted by Gasteiger charge is 2.52. The van der Waals surface area contributed by atoms with Gasteiger partial charge in [-0.15, -0.1) is 11.3 Å². The minimum atomic E-state index is -0.482. The predicted molar refractivity (Wildman–Crippen MR) is 196 cm³/mol. The van der Waals surface area contributed by atoms with Crippen molar-refractivity contribution in [1.29, 1.82) is 0 Å². The first-order valence-corrected chi connectivity index (χ1v) is 17.3. The Morgan fingerprint density at radius 3 is 1.70 bits per heavy atom. The molecule has 220 valence electrons. The molecule has 8 aromatic rings. The van der Waals surface area contributed by atoms with Crippen LogP contribution in [0.4, 0.5) is 0 Å². The molecular weight excluding hydrogens is 658 g/mol. The lowest BCUT2D eigenvalue weighted by Gasteiger charge is -2.31. The van der Waals surface area contributed by atoms with Crippen molar-refractivity contribution in [3.8, 4) is 56.4 Å². The number of nitrogens with zero attached hydrogens (tertiary/aromatic N) is 3. The number of thiophene rings is 1. The van der Waals surface area contributed by atoms with E-state index in [2.05, 4.69) is 124 Å². The summed E-state index contributed by atoms with van der Waals surface area (Å²) in [4.78, 5) is 15.1. The summed E-state index contributed by atoms with van der Waals surface area (Å²) in [5, 5.41) is 3.50. The standard InChI is InChI=1S/C42H24BrN3S/c43-36-24-35-37(31-21-22-47-38(31)36)30-16-8-10-18-33(30)42(35)32-17-9-7-15-28(32)29-20-19-27(23-34(29)42)41-45-39(25-11-3-1-4-12-25)44-40(46-41)26-13-5-2-6-14-26/h1-24H. The van der Waals surface area contributed by atoms with Gasteiger partial charge >= 0.3 is 0 Å². The number of hydrogen-bond acceptors (Lipinski definition) is 4. The third-order valence-corrected chi connectivity index (χ3v) is 11.5. The van der Waals surface area contributed by atoms with Crippen molar-refractivity contribution < 1.29 is 0 Å². The molecule has 0 fully saturated rings. The number of fused-ring (bicyclic) bond motifs is 12. The summed E-state index contributed by atoms with van der Waals surface area (Å²) in [6, 6.07) is 49.6. The highest BCUT2D eigenvalue weighted by atomic mass is 79.9. The third kappa shape index (κ3) is 3.75. The molecule has 5 heteroatoms. The minimum absolute atomic E-state index is 0.482. The lowest BCUT2D eigenvalue weighted by Crippen LogP contribution is -2.26. The smallest absolute Gasteiger partial charge is 0.164 e. The summed E-state index contributed by atoms with van der Waals surface area (Å²) in [7, 11) is 0. The Labute approximate surface area is 284 Å². The Morgan fingerprint density at radius 1 is 0.468 bits per heavy atom. The van der Waals surface area contributed by atoms with Crippen molar-refractivity contribution >= 4 is 37.4 Å². The van der Waals surface area contributed by atoms with Crippen LogP contribution >= 0.6 is 27.3 Å². The summed E-state index contributed by atoms with van der Waals surface area (Å²) in [5.74, 6) is 1.98. The summed E-state index contributed by atoms with van der Waals surface area (Å²) in [6.07, 6.45) is 0. The second-order valence-corrected chi connectivity index (χ2v) is 13.9. The first-order chi connectivity index (χ1) is 23.2. The van der Waals surface area contributed by atoms with Crippen LogP contribution in [0.15, 0.2) is 149 Å². The Balaban J connectivity index is 1.28. The maximum absolute atomic E-state index is 5.10. The number of halogens is 1. The van der Waals surface area contributed by atoms with E-state index in [0.717, 1.165) is 21.2 Å². The number of rotatable bonds is 3. The average molecular weight is 683 g/mol. The molecule has 2 aromatic heterocycles. The van der Waals surface area contributed by atoms with E-state index in [9.17, 15) is 0 Å². The van der Waals surface area contributed by atoms with E-state index in [4.69, 9.17) is 15.0 Å². The fourth-order valence-corrected chi connectivity index (χ4v) is 9.33. The monoisotopic (exact) mass is 681 g/mol. The van der Waals surface area contributed by atoms with Gasteiger partial charge in [0.25, 0.3) is 0 Å². The molecule has 0 bridgehead atoms. The van der Waals surface area contributed by atoms with Crippen molar-refractivity contribution in [2.24, 2.45) is 0 Å². The van der Waals surface area contributed by atoms with E-state index in [-0.39, 0.29) is 0 Å². The zero-order chi connectivity index (χ0) is 31.1. The third-order valence-electron chi connectivity index (χ3n) is 9.70. The molecule has 2 heterocycles. The van der Waals surface area contributed by atoms with Gasteiger partial charge in [0.05, 0.1) is 5.41 Å². The van der Waals surface area contributed by atoms with Gasteiger partial charge in [-0.1, -0.05) is 121 Å². The van der Waals surface area contributed by atoms with Gasteiger partial charge in [-0.3, -0.25) is 0 Å². The summed E-state index contributed by atoms with van der Waals surface area (Å²) < 4.78 is 2.41. The second-order valence-electron chi connectivity index (χ2n) is 12.1. The van der Waals surface area contributed by atoms with Crippen LogP contribution in [0.5, 0.6) is 0 Å². The Bertz CT molecular complexity index is 2480. The Hall–Kier alpha value is -5.23. The van der Waals surface area contributed by atoms with Crippen LogP contribution in [0.1, 0.15) is 22.3 Å². The molecule has 0 saturated heterocycles. The molecule has 1 spiro atoms. The zero-order valence-corrected chi connectivity index (χ0v) is 27.4. The molecule has 2 aliphatic rings. The Kier molecular flexibility index (Phi) is 5.81. The SMILES string of the molecule is Brc1cc2c(c3ccsc13)-c1ccccc1C21c2ccccc2-c2ccc(-c3nc(-c4ccccc4)nc(-c4ccccc4)n3)cc21. The molecule has 1 unspecified atom stereocenters. The number of benzene rings is 6. The number of hydrogen-bond donors (Lipinski definition) is 0. The molecule has 10 rings (SSSR count). The lowest BCUT2D eigenvalue weighted by atomic mass is 9.70. The van der Waals surface area contributed by atoms with Crippen LogP contribution in [-0.2, 0) is 5.41 Å². The van der Waals surface area contributed by atoms with Gasteiger partial charge in [-0.25, -0.2) is 15.0 Å². The van der Waals surface area contributed by atoms with Crippen molar-refractivity contribution in [2.75, 3.05) is 0 Å². The Morgan fingerprint density at radius 2 is 1.02 bits per heavy atom. The van der Waals surface area contributed by atoms with Crippen molar-refractivity contribution in [2.45, 2.75) is 5.41 Å². The van der Waals surface area contributed by atoms with E-state index >= 15 is 0 Å². The molecule has 2 aliphatic carbocycles. The summed E-state index contributed by atoms with van der Waals surface area (Å²) >= 11 is 5.77. The predicted octanol–water partition coefficient (Wildman–Crippen LogP) is 11.2. The van der Waals surface area contributed by atoms with Crippen LogP contribution < -0.4 is 0 Å². The topological polar surface area (TPSA) is 38.7 Å². The zero-order valence-electron chi connectivity index (χ0n) is 25.0. The van der Waals surface area contributed by atoms with Crippen LogP contribution in [0.25, 0.3) is 66.5 Å². The maximum Gasteiger partial charge on any atom is 0.164 e. The maximum atomic E-state index is 5.10. The molecule has 0 radical (unpaired) electrons. The van der Waals surface area contributed by atoms with Crippen molar-refractivity contribution in [3.05, 3.63) is 172 Å². The molecular formula is C42H24BrN3S. The van der Waals surface area contributed by atoms with Gasteiger partial charge in [-0.2, -0.15) is 0 Å². The van der Waals surface area contributed by atoms with Crippen LogP contribution in [0.2, 0.25) is 0 Å². The molecule has 0 amide bonds. The van der Waals surface area contributed by atoms with Gasteiger partial charge in [0.15, 0.2) is 17.5 Å². The molecule has 1 atom stereocenters. The largest absolute Gasteiger partial charge is 0.208 e. The molecule has 0 aliphatic heterocycles. The lowest BCUT2D eigenvalue weighted by molar-refractivity contribution is 0.794. The summed E-state index contributed by atoms with van der Waals surface area (Å²) in [6.45, 7) is 0. The van der Waals surface area contributed by atoms with E-state index in [1.54, 1.807) is 11.3 Å². The molecule has 0 N–H and O–H groups in total. The second kappa shape index (κ2) is 10.1. The fourth-order valence-electron chi connectivity index (χ4n) is 7.80. The van der Waals surface area contributed by atoms with Gasteiger partial charge < -0.3 is 0 Å². The molecule has 6 aromatic carbocycles. The van der Waals surface area contributed by atoms with Gasteiger partial charge in [0, 0.05) is 31.2 Å². The van der Waals surface area contributed by atoms with Crippen LogP contribution in [-0.4, -0.2) is 15.0 Å². The highest BCUT2D eigenvalue weighted by molar-refractivity contribution is 9.10. The van der Waals surface area contributed by atoms with E-state index in [1.807, 2.05) is 36.4 Å². The van der Waals surface area contributed by atoms with Crippen molar-refractivity contribution in [1.82, 2.24) is 15.0 Å². The fraction of sp³-hybridized carbons (Fsp3) is 0.0238. The quantitative estimate of drug-likeness (QED) is 0.186. The normalized spacial score (nSPS) is 15.4. The van der Waals surface area contributed by atoms with E-state index in [0.29, 0.717) is 17.5 Å². The highest BCUT2D eigenvalue weighted by Crippen LogP contribution is 2.64. The van der Waals surface area contributed by atoms with E-state index < -0.39 is 5.41 Å². The minimum Gasteiger partial charge on any atom is -0.208 e. The summed E-state index contributed by atoms with van der Waals surface area (Å²) in [5.41, 5.74) is 12.7. The average Bonchev–Trinajstić information content (AvgIpc) is 3.82. The van der Waals surface area contributed by atoms with Crippen LogP contribution in [0.3, 0.4) is 0 Å². The molecule has 3 nitrogen and oxygen atoms in total. The van der Waals surface area contributed by atoms with Crippen molar-refractivity contribution in [3.63, 3.8) is 0 Å². The van der Waals surface area contributed by atoms with Gasteiger partial charge in [0.1, 0.15) is 0 Å². The number of aromatic nitrogens is 3. The first-order valence-electron chi connectivity index (χ1n) is 15.6.